The van der Waals surface area contributed by atoms with Crippen molar-refractivity contribution in [3.05, 3.63) is 65.6 Å². The largest absolute Gasteiger partial charge is 0.503 e. The Bertz CT molecular complexity index is 1400. The fourth-order valence-corrected chi connectivity index (χ4v) is 5.69. The summed E-state index contributed by atoms with van der Waals surface area (Å²) in [6.07, 6.45) is 2.46. The number of rotatable bonds is 4. The number of anilines is 1. The topological polar surface area (TPSA) is 104 Å². The summed E-state index contributed by atoms with van der Waals surface area (Å²) >= 11 is 0. The number of nitrogens with one attached hydrogen (secondary N) is 1. The van der Waals surface area contributed by atoms with Crippen molar-refractivity contribution in [2.24, 2.45) is 17.6 Å². The number of hydrogen-bond donors (Lipinski definition) is 3. The average molecular weight is 466 g/mol. The maximum Gasteiger partial charge on any atom is 0.202 e. The Kier molecular flexibility index (Phi) is 4.57. The molecule has 2 fully saturated rings. The molecule has 0 unspecified atom stereocenters. The van der Waals surface area contributed by atoms with Gasteiger partial charge >= 0.3 is 0 Å². The standard InChI is InChI=1S/C24H21F3N6O/c25-16-4-2-1-3-14(16)24(11-28)13-5-6-33(10-15(13)24)19-9-29-21-20(31-32-23(21)30-19)12-7-17(26)22(34)18(27)8-12/h1-4,7-9,13,15,34H,5-6,10-11,28H2,(H,30,31,32)/t13-,15+,24-/m1/s1. The van der Waals surface area contributed by atoms with Gasteiger partial charge in [0.25, 0.3) is 0 Å². The zero-order valence-electron chi connectivity index (χ0n) is 18.0. The number of aromatic amines is 1. The lowest BCUT2D eigenvalue weighted by molar-refractivity contribution is 0.396. The number of benzene rings is 2. The van der Waals surface area contributed by atoms with Crippen molar-refractivity contribution >= 4 is 17.0 Å². The Morgan fingerprint density at radius 1 is 1.12 bits per heavy atom. The number of nitrogens with zero attached hydrogens (tertiary/aromatic N) is 4. The molecule has 1 saturated carbocycles. The van der Waals surface area contributed by atoms with Gasteiger partial charge in [-0.3, -0.25) is 5.10 Å². The summed E-state index contributed by atoms with van der Waals surface area (Å²) < 4.78 is 42.2. The molecule has 0 spiro atoms. The van der Waals surface area contributed by atoms with Crippen molar-refractivity contribution in [1.82, 2.24) is 20.2 Å². The first-order chi connectivity index (χ1) is 16.4. The van der Waals surface area contributed by atoms with E-state index in [0.29, 0.717) is 47.2 Å². The van der Waals surface area contributed by atoms with Gasteiger partial charge in [0.2, 0.25) is 5.65 Å². The number of phenolic OH excluding ortho intramolecular Hbond substituents is 1. The average Bonchev–Trinajstić information content (AvgIpc) is 3.30. The third-order valence-corrected chi connectivity index (χ3v) is 7.42. The molecule has 4 N–H and O–H groups in total. The van der Waals surface area contributed by atoms with Crippen molar-refractivity contribution in [1.29, 1.82) is 0 Å². The molecule has 3 atom stereocenters. The predicted octanol–water partition coefficient (Wildman–Crippen LogP) is 3.50. The first-order valence-electron chi connectivity index (χ1n) is 11.0. The highest BCUT2D eigenvalue weighted by Gasteiger charge is 2.66. The second-order valence-corrected chi connectivity index (χ2v) is 8.96. The minimum atomic E-state index is -1.08. The van der Waals surface area contributed by atoms with Crippen LogP contribution >= 0.6 is 0 Å². The number of piperidine rings is 1. The van der Waals surface area contributed by atoms with Crippen LogP contribution in [-0.2, 0) is 5.41 Å². The molecule has 6 rings (SSSR count). The van der Waals surface area contributed by atoms with Crippen LogP contribution in [0.4, 0.5) is 19.0 Å². The Balaban J connectivity index is 1.29. The van der Waals surface area contributed by atoms with E-state index in [1.54, 1.807) is 12.3 Å². The molecular weight excluding hydrogens is 445 g/mol. The SMILES string of the molecule is NC[C@]1(c2ccccc2F)[C@@H]2CCN(c3cnc4c(-c5cc(F)c(O)c(F)c5)[nH]nc4n3)C[C@@H]21. The van der Waals surface area contributed by atoms with Crippen molar-refractivity contribution in [2.75, 3.05) is 24.5 Å². The summed E-state index contributed by atoms with van der Waals surface area (Å²) in [6.45, 7) is 1.77. The molecule has 3 heterocycles. The van der Waals surface area contributed by atoms with Crippen molar-refractivity contribution < 1.29 is 18.3 Å². The molecule has 2 aliphatic rings. The summed E-state index contributed by atoms with van der Waals surface area (Å²) in [5, 5.41) is 16.2. The summed E-state index contributed by atoms with van der Waals surface area (Å²) in [5.74, 6) is -2.26. The molecule has 10 heteroatoms. The molecule has 1 saturated heterocycles. The van der Waals surface area contributed by atoms with E-state index >= 15 is 0 Å². The van der Waals surface area contributed by atoms with Crippen LogP contribution in [0.15, 0.2) is 42.6 Å². The Labute approximate surface area is 192 Å². The number of phenols is 1. The van der Waals surface area contributed by atoms with E-state index in [2.05, 4.69) is 25.1 Å². The molecule has 0 radical (unpaired) electrons. The third kappa shape index (κ3) is 2.91. The van der Waals surface area contributed by atoms with Gasteiger partial charge in [-0.05, 0) is 42.0 Å². The Morgan fingerprint density at radius 3 is 2.62 bits per heavy atom. The van der Waals surface area contributed by atoms with Gasteiger partial charge in [0.05, 0.1) is 11.9 Å². The van der Waals surface area contributed by atoms with Crippen molar-refractivity contribution in [3.8, 4) is 17.0 Å². The summed E-state index contributed by atoms with van der Waals surface area (Å²) in [5.41, 5.74) is 7.61. The highest BCUT2D eigenvalue weighted by molar-refractivity contribution is 5.88. The molecule has 0 amide bonds. The van der Waals surface area contributed by atoms with E-state index in [-0.39, 0.29) is 22.7 Å². The van der Waals surface area contributed by atoms with Gasteiger partial charge in [0.15, 0.2) is 17.4 Å². The van der Waals surface area contributed by atoms with Crippen LogP contribution in [0, 0.1) is 29.3 Å². The lowest BCUT2D eigenvalue weighted by atomic mass is 9.91. The molecule has 2 aromatic carbocycles. The quantitative estimate of drug-likeness (QED) is 0.425. The van der Waals surface area contributed by atoms with E-state index in [9.17, 15) is 18.3 Å². The maximum absolute atomic E-state index is 14.6. The molecule has 1 aliphatic heterocycles. The van der Waals surface area contributed by atoms with Gasteiger partial charge in [0, 0.05) is 30.6 Å². The zero-order valence-corrected chi connectivity index (χ0v) is 18.0. The number of aromatic nitrogens is 4. The second-order valence-electron chi connectivity index (χ2n) is 8.96. The molecule has 7 nitrogen and oxygen atoms in total. The number of aromatic hydroxyl groups is 1. The van der Waals surface area contributed by atoms with E-state index in [1.165, 1.54) is 6.07 Å². The Hall–Kier alpha value is -3.66. The van der Waals surface area contributed by atoms with Gasteiger partial charge in [0.1, 0.15) is 17.2 Å². The van der Waals surface area contributed by atoms with E-state index in [1.807, 2.05) is 12.1 Å². The van der Waals surface area contributed by atoms with Gasteiger partial charge in [-0.2, -0.15) is 5.10 Å². The first kappa shape index (κ1) is 20.9. The van der Waals surface area contributed by atoms with Crippen LogP contribution in [0.3, 0.4) is 0 Å². The molecule has 34 heavy (non-hydrogen) atoms. The van der Waals surface area contributed by atoms with Gasteiger partial charge < -0.3 is 15.7 Å². The number of nitrogens with two attached hydrogens (primary N) is 1. The molecular formula is C24H21F3N6O. The number of fused-ring (bicyclic) bond motifs is 2. The lowest BCUT2D eigenvalue weighted by Crippen LogP contribution is -2.32. The smallest absolute Gasteiger partial charge is 0.202 e. The van der Waals surface area contributed by atoms with E-state index in [0.717, 1.165) is 25.1 Å². The minimum absolute atomic E-state index is 0.161. The van der Waals surface area contributed by atoms with E-state index < -0.39 is 17.4 Å². The van der Waals surface area contributed by atoms with E-state index in [4.69, 9.17) is 5.73 Å². The van der Waals surface area contributed by atoms with Crippen LogP contribution in [0.5, 0.6) is 5.75 Å². The fraction of sp³-hybridized carbons (Fsp3) is 0.292. The Morgan fingerprint density at radius 2 is 1.88 bits per heavy atom. The first-order valence-corrected chi connectivity index (χ1v) is 11.0. The molecule has 0 bridgehead atoms. The van der Waals surface area contributed by atoms with Crippen LogP contribution in [-0.4, -0.2) is 44.9 Å². The predicted molar refractivity (Wildman–Crippen MR) is 120 cm³/mol. The highest BCUT2D eigenvalue weighted by atomic mass is 19.1. The third-order valence-electron chi connectivity index (χ3n) is 7.42. The summed E-state index contributed by atoms with van der Waals surface area (Å²) in [6, 6.07) is 8.86. The number of H-pyrrole nitrogens is 1. The fourth-order valence-electron chi connectivity index (χ4n) is 5.69. The second kappa shape index (κ2) is 7.42. The highest BCUT2D eigenvalue weighted by Crippen LogP contribution is 2.63. The maximum atomic E-state index is 14.6. The minimum Gasteiger partial charge on any atom is -0.503 e. The molecule has 4 aromatic rings. The number of hydrogen-bond acceptors (Lipinski definition) is 6. The molecule has 174 valence electrons. The van der Waals surface area contributed by atoms with Crippen LogP contribution in [0.2, 0.25) is 0 Å². The lowest BCUT2D eigenvalue weighted by Gasteiger charge is -2.26. The van der Waals surface area contributed by atoms with Gasteiger partial charge in [-0.25, -0.2) is 23.1 Å². The molecule has 2 aromatic heterocycles. The monoisotopic (exact) mass is 466 g/mol. The number of halogens is 3. The van der Waals surface area contributed by atoms with Gasteiger partial charge in [-0.1, -0.05) is 18.2 Å². The summed E-state index contributed by atoms with van der Waals surface area (Å²) in [4.78, 5) is 11.2. The normalized spacial score (nSPS) is 23.8. The molecule has 1 aliphatic carbocycles. The summed E-state index contributed by atoms with van der Waals surface area (Å²) in [7, 11) is 0. The van der Waals surface area contributed by atoms with Crippen LogP contribution in [0.25, 0.3) is 22.4 Å². The van der Waals surface area contributed by atoms with Crippen LogP contribution in [0.1, 0.15) is 12.0 Å². The zero-order chi connectivity index (χ0) is 23.6. The van der Waals surface area contributed by atoms with Crippen molar-refractivity contribution in [3.63, 3.8) is 0 Å². The van der Waals surface area contributed by atoms with Crippen LogP contribution < -0.4 is 10.6 Å². The van der Waals surface area contributed by atoms with Crippen molar-refractivity contribution in [2.45, 2.75) is 11.8 Å². The van der Waals surface area contributed by atoms with Gasteiger partial charge in [-0.15, -0.1) is 0 Å².